The van der Waals surface area contributed by atoms with Crippen LogP contribution in [0.15, 0.2) is 41.3 Å². The van der Waals surface area contributed by atoms with Crippen molar-refractivity contribution >= 4 is 33.2 Å². The first kappa shape index (κ1) is 16.2. The first-order valence-corrected chi connectivity index (χ1v) is 7.92. The van der Waals surface area contributed by atoms with E-state index in [9.17, 15) is 17.2 Å². The van der Waals surface area contributed by atoms with Crippen molar-refractivity contribution in [2.24, 2.45) is 0 Å². The van der Waals surface area contributed by atoms with Crippen LogP contribution in [0, 0.1) is 11.6 Å². The Kier molecular flexibility index (Phi) is 4.83. The molecular weight excluding hydrogens is 343 g/mol. The van der Waals surface area contributed by atoms with Crippen molar-refractivity contribution in [2.75, 3.05) is 0 Å². The maximum atomic E-state index is 13.5. The molecule has 21 heavy (non-hydrogen) atoms. The van der Waals surface area contributed by atoms with E-state index in [4.69, 9.17) is 23.2 Å². The minimum Gasteiger partial charge on any atom is -0.207 e. The second kappa shape index (κ2) is 6.27. The van der Waals surface area contributed by atoms with Gasteiger partial charge in [-0.05, 0) is 29.8 Å². The topological polar surface area (TPSA) is 46.2 Å². The van der Waals surface area contributed by atoms with E-state index in [2.05, 4.69) is 4.72 Å². The summed E-state index contributed by atoms with van der Waals surface area (Å²) in [6, 6.07) is 6.79. The van der Waals surface area contributed by atoms with Crippen molar-refractivity contribution in [2.45, 2.75) is 11.4 Å². The summed E-state index contributed by atoms with van der Waals surface area (Å²) in [6.07, 6.45) is 0. The van der Waals surface area contributed by atoms with Crippen molar-refractivity contribution < 1.29 is 17.2 Å². The normalized spacial score (nSPS) is 11.6. The van der Waals surface area contributed by atoms with Gasteiger partial charge in [-0.25, -0.2) is 21.9 Å². The summed E-state index contributed by atoms with van der Waals surface area (Å²) in [5.41, 5.74) is 0.479. The van der Waals surface area contributed by atoms with Crippen LogP contribution in [0.25, 0.3) is 0 Å². The fraction of sp³-hybridized carbons (Fsp3) is 0.0769. The smallest absolute Gasteiger partial charge is 0.207 e. The number of halogens is 4. The predicted octanol–water partition coefficient (Wildman–Crippen LogP) is 3.75. The molecule has 8 heteroatoms. The molecule has 0 saturated carbocycles. The molecule has 0 heterocycles. The largest absolute Gasteiger partial charge is 0.243 e. The Morgan fingerprint density at radius 3 is 2.38 bits per heavy atom. The molecule has 0 radical (unpaired) electrons. The Morgan fingerprint density at radius 1 is 1.05 bits per heavy atom. The molecule has 0 bridgehead atoms. The summed E-state index contributed by atoms with van der Waals surface area (Å²) >= 11 is 11.6. The van der Waals surface area contributed by atoms with Crippen LogP contribution in [-0.2, 0) is 16.6 Å². The van der Waals surface area contributed by atoms with Crippen LogP contribution >= 0.6 is 23.2 Å². The minimum absolute atomic E-state index is 0.144. The second-order valence-corrected chi connectivity index (χ2v) is 6.71. The summed E-state index contributed by atoms with van der Waals surface area (Å²) in [6.45, 7) is -0.144. The molecule has 0 unspecified atom stereocenters. The molecule has 2 aromatic rings. The Labute approximate surface area is 130 Å². The van der Waals surface area contributed by atoms with Crippen LogP contribution in [0.2, 0.25) is 10.0 Å². The molecule has 3 nitrogen and oxygen atoms in total. The zero-order valence-electron chi connectivity index (χ0n) is 10.4. The molecule has 0 spiro atoms. The molecule has 2 rings (SSSR count). The van der Waals surface area contributed by atoms with E-state index in [-0.39, 0.29) is 11.6 Å². The van der Waals surface area contributed by atoms with Gasteiger partial charge in [0.2, 0.25) is 10.0 Å². The Bertz CT molecular complexity index is 782. The molecule has 2 aromatic carbocycles. The number of hydrogen-bond acceptors (Lipinski definition) is 2. The number of sulfonamides is 1. The van der Waals surface area contributed by atoms with Gasteiger partial charge in [-0.15, -0.1) is 0 Å². The van der Waals surface area contributed by atoms with Gasteiger partial charge in [0.1, 0.15) is 16.5 Å². The van der Waals surface area contributed by atoms with E-state index < -0.39 is 26.6 Å². The van der Waals surface area contributed by atoms with E-state index >= 15 is 0 Å². The van der Waals surface area contributed by atoms with Gasteiger partial charge in [0.15, 0.2) is 0 Å². The van der Waals surface area contributed by atoms with Gasteiger partial charge in [0.05, 0.1) is 0 Å². The van der Waals surface area contributed by atoms with Crippen molar-refractivity contribution in [1.29, 1.82) is 0 Å². The van der Waals surface area contributed by atoms with Gasteiger partial charge in [-0.1, -0.05) is 29.3 Å². The molecule has 0 amide bonds. The van der Waals surface area contributed by atoms with Crippen LogP contribution in [0.4, 0.5) is 8.78 Å². The zero-order valence-corrected chi connectivity index (χ0v) is 12.7. The van der Waals surface area contributed by atoms with Gasteiger partial charge >= 0.3 is 0 Å². The number of benzene rings is 2. The number of nitrogens with one attached hydrogen (secondary N) is 1. The van der Waals surface area contributed by atoms with Gasteiger partial charge in [0.25, 0.3) is 0 Å². The average molecular weight is 352 g/mol. The molecule has 0 aliphatic heterocycles. The second-order valence-electron chi connectivity index (χ2n) is 4.14. The summed E-state index contributed by atoms with van der Waals surface area (Å²) < 4.78 is 52.4. The lowest BCUT2D eigenvalue weighted by Crippen LogP contribution is -2.24. The van der Waals surface area contributed by atoms with E-state index in [1.807, 2.05) is 0 Å². The van der Waals surface area contributed by atoms with Crippen molar-refractivity contribution in [1.82, 2.24) is 4.72 Å². The Hall–Kier alpha value is -1.21. The lowest BCUT2D eigenvalue weighted by atomic mass is 10.2. The average Bonchev–Trinajstić information content (AvgIpc) is 2.37. The highest BCUT2D eigenvalue weighted by atomic mass is 35.5. The van der Waals surface area contributed by atoms with Crippen LogP contribution in [0.3, 0.4) is 0 Å². The first-order valence-electron chi connectivity index (χ1n) is 5.68. The molecule has 0 atom stereocenters. The third kappa shape index (κ3) is 3.91. The molecule has 1 N–H and O–H groups in total. The third-order valence-corrected chi connectivity index (χ3v) is 4.67. The van der Waals surface area contributed by atoms with E-state index in [1.54, 1.807) is 12.1 Å². The monoisotopic (exact) mass is 351 g/mol. The van der Waals surface area contributed by atoms with Crippen LogP contribution in [0.1, 0.15) is 5.56 Å². The van der Waals surface area contributed by atoms with Crippen LogP contribution in [-0.4, -0.2) is 8.42 Å². The van der Waals surface area contributed by atoms with Crippen molar-refractivity contribution in [3.8, 4) is 0 Å². The summed E-state index contributed by atoms with van der Waals surface area (Å²) in [4.78, 5) is -0.631. The summed E-state index contributed by atoms with van der Waals surface area (Å²) in [5.74, 6) is -2.02. The predicted molar refractivity (Wildman–Crippen MR) is 76.8 cm³/mol. The molecular formula is C13H9Cl2F2NO2S. The van der Waals surface area contributed by atoms with Gasteiger partial charge in [-0.3, -0.25) is 0 Å². The Morgan fingerprint density at radius 2 is 1.76 bits per heavy atom. The molecule has 0 aliphatic carbocycles. The standard InChI is InChI=1S/C13H9Cl2F2NO2S/c14-9-2-1-8(11(15)5-9)7-18-21(19,20)13-4-3-10(16)6-12(13)17/h1-6,18H,7H2. The maximum absolute atomic E-state index is 13.5. The van der Waals surface area contributed by atoms with E-state index in [0.717, 1.165) is 12.1 Å². The van der Waals surface area contributed by atoms with Crippen molar-refractivity contribution in [3.05, 3.63) is 63.6 Å². The first-order chi connectivity index (χ1) is 9.79. The quantitative estimate of drug-likeness (QED) is 0.911. The zero-order chi connectivity index (χ0) is 15.6. The highest BCUT2D eigenvalue weighted by Gasteiger charge is 2.19. The summed E-state index contributed by atoms with van der Waals surface area (Å²) in [7, 11) is -4.12. The van der Waals surface area contributed by atoms with Gasteiger partial charge < -0.3 is 0 Å². The minimum atomic E-state index is -4.12. The van der Waals surface area contributed by atoms with Crippen LogP contribution in [0.5, 0.6) is 0 Å². The summed E-state index contributed by atoms with van der Waals surface area (Å²) in [5, 5.41) is 0.695. The fourth-order valence-corrected chi connectivity index (χ4v) is 3.15. The van der Waals surface area contributed by atoms with Crippen molar-refractivity contribution in [3.63, 3.8) is 0 Å². The fourth-order valence-electron chi connectivity index (χ4n) is 1.61. The SMILES string of the molecule is O=S(=O)(NCc1ccc(Cl)cc1Cl)c1ccc(F)cc1F. The lowest BCUT2D eigenvalue weighted by molar-refractivity contribution is 0.543. The highest BCUT2D eigenvalue weighted by molar-refractivity contribution is 7.89. The lowest BCUT2D eigenvalue weighted by Gasteiger charge is -2.09. The van der Waals surface area contributed by atoms with Gasteiger partial charge in [-0.2, -0.15) is 0 Å². The molecule has 112 valence electrons. The van der Waals surface area contributed by atoms with E-state index in [1.165, 1.54) is 6.07 Å². The van der Waals surface area contributed by atoms with Crippen LogP contribution < -0.4 is 4.72 Å². The molecule has 0 aliphatic rings. The molecule has 0 aromatic heterocycles. The molecule has 0 saturated heterocycles. The number of rotatable bonds is 4. The molecule has 0 fully saturated rings. The Balaban J connectivity index is 2.22. The van der Waals surface area contributed by atoms with E-state index in [0.29, 0.717) is 16.7 Å². The number of hydrogen-bond donors (Lipinski definition) is 1. The van der Waals surface area contributed by atoms with Gasteiger partial charge in [0, 0.05) is 22.7 Å². The highest BCUT2D eigenvalue weighted by Crippen LogP contribution is 2.22. The third-order valence-electron chi connectivity index (χ3n) is 2.65. The maximum Gasteiger partial charge on any atom is 0.243 e.